The highest BCUT2D eigenvalue weighted by molar-refractivity contribution is 6.34. The van der Waals surface area contributed by atoms with E-state index in [1.165, 1.54) is 29.5 Å². The Morgan fingerprint density at radius 1 is 1.27 bits per heavy atom. The first-order chi connectivity index (χ1) is 17.6. The maximum Gasteiger partial charge on any atom is 0.416 e. The third-order valence-corrected chi connectivity index (χ3v) is 5.91. The maximum atomic E-state index is 14.1. The minimum absolute atomic E-state index is 0.0952. The van der Waals surface area contributed by atoms with E-state index in [1.54, 1.807) is 18.3 Å². The van der Waals surface area contributed by atoms with Crippen LogP contribution in [0.5, 0.6) is 0 Å². The van der Waals surface area contributed by atoms with E-state index in [0.717, 1.165) is 6.08 Å². The summed E-state index contributed by atoms with van der Waals surface area (Å²) < 4.78 is 60.0. The summed E-state index contributed by atoms with van der Waals surface area (Å²) in [6, 6.07) is 2.20. The van der Waals surface area contributed by atoms with Crippen LogP contribution >= 0.6 is 11.6 Å². The molecule has 190 valence electrons. The molecule has 5 rings (SSSR count). The van der Waals surface area contributed by atoms with Crippen LogP contribution in [0.2, 0.25) is 5.02 Å². The summed E-state index contributed by atoms with van der Waals surface area (Å²) >= 11 is 6.42. The largest absolute Gasteiger partial charge is 0.443 e. The van der Waals surface area contributed by atoms with Crippen molar-refractivity contribution >= 4 is 34.7 Å². The normalized spacial score (nSPS) is 17.6. The van der Waals surface area contributed by atoms with Crippen LogP contribution in [0.4, 0.5) is 33.9 Å². The zero-order valence-electron chi connectivity index (χ0n) is 18.5. The van der Waals surface area contributed by atoms with E-state index in [4.69, 9.17) is 21.8 Å². The van der Waals surface area contributed by atoms with E-state index in [0.29, 0.717) is 40.1 Å². The second kappa shape index (κ2) is 9.24. The molecule has 0 radical (unpaired) electrons. The Labute approximate surface area is 210 Å². The summed E-state index contributed by atoms with van der Waals surface area (Å²) in [5.74, 6) is 0.633. The standard InChI is InChI=1S/C23H16ClF4N7O2/c24-14-5-11(19-13(18-7-30-10-37-18)8-35-20(19)21(29)31-9-32-35)1-4-16(14)33-22(36)34-17-6-12(23(26,27)28)2-3-15(17)25/h1-10,15,17H,(H2,29,31,32)(H2,33,34,36). The van der Waals surface area contributed by atoms with Gasteiger partial charge in [-0.1, -0.05) is 23.7 Å². The van der Waals surface area contributed by atoms with Crippen molar-refractivity contribution in [3.05, 3.63) is 72.1 Å². The second-order valence-electron chi connectivity index (χ2n) is 7.96. The molecule has 0 saturated carbocycles. The molecule has 3 heterocycles. The number of nitrogens with one attached hydrogen (secondary N) is 2. The van der Waals surface area contributed by atoms with Crippen molar-refractivity contribution in [1.29, 1.82) is 0 Å². The van der Waals surface area contributed by atoms with Crippen LogP contribution in [0.1, 0.15) is 0 Å². The van der Waals surface area contributed by atoms with E-state index in [1.807, 2.05) is 0 Å². The van der Waals surface area contributed by atoms with Gasteiger partial charge in [0, 0.05) is 17.3 Å². The number of anilines is 2. The van der Waals surface area contributed by atoms with Gasteiger partial charge in [0.2, 0.25) is 0 Å². The number of hydrogen-bond acceptors (Lipinski definition) is 6. The monoisotopic (exact) mass is 533 g/mol. The van der Waals surface area contributed by atoms with Crippen LogP contribution in [0, 0.1) is 0 Å². The lowest BCUT2D eigenvalue weighted by molar-refractivity contribution is -0.0889. The number of fused-ring (bicyclic) bond motifs is 1. The average Bonchev–Trinajstić information content (AvgIpc) is 3.50. The highest BCUT2D eigenvalue weighted by Crippen LogP contribution is 2.40. The summed E-state index contributed by atoms with van der Waals surface area (Å²) in [6.07, 6.45) is 1.25. The first-order valence-electron chi connectivity index (χ1n) is 10.6. The Bertz CT molecular complexity index is 1550. The molecule has 14 heteroatoms. The van der Waals surface area contributed by atoms with Gasteiger partial charge >= 0.3 is 12.2 Å². The summed E-state index contributed by atoms with van der Waals surface area (Å²) in [4.78, 5) is 20.4. The Kier molecular flexibility index (Phi) is 6.07. The minimum Gasteiger partial charge on any atom is -0.443 e. The molecule has 2 amide bonds. The Hall–Kier alpha value is -4.39. The van der Waals surface area contributed by atoms with Crippen LogP contribution < -0.4 is 16.4 Å². The number of halogens is 5. The number of allylic oxidation sites excluding steroid dienone is 2. The van der Waals surface area contributed by atoms with Gasteiger partial charge in [0.15, 0.2) is 18.0 Å². The van der Waals surface area contributed by atoms with Crippen LogP contribution in [0.25, 0.3) is 28.0 Å². The molecule has 0 bridgehead atoms. The molecule has 2 unspecified atom stereocenters. The summed E-state index contributed by atoms with van der Waals surface area (Å²) in [5, 5.41) is 8.88. The van der Waals surface area contributed by atoms with E-state index < -0.39 is 30.0 Å². The van der Waals surface area contributed by atoms with Gasteiger partial charge in [-0.3, -0.25) is 0 Å². The zero-order valence-corrected chi connectivity index (χ0v) is 19.3. The van der Waals surface area contributed by atoms with E-state index in [2.05, 4.69) is 25.7 Å². The van der Waals surface area contributed by atoms with Crippen LogP contribution in [0.3, 0.4) is 0 Å². The van der Waals surface area contributed by atoms with Crippen molar-refractivity contribution in [3.8, 4) is 22.5 Å². The third-order valence-electron chi connectivity index (χ3n) is 5.59. The van der Waals surface area contributed by atoms with Crippen molar-refractivity contribution in [3.63, 3.8) is 0 Å². The molecule has 0 spiro atoms. The summed E-state index contributed by atoms with van der Waals surface area (Å²) in [7, 11) is 0. The van der Waals surface area contributed by atoms with E-state index >= 15 is 0 Å². The van der Waals surface area contributed by atoms with E-state index in [-0.39, 0.29) is 16.5 Å². The van der Waals surface area contributed by atoms with Gasteiger partial charge in [0.05, 0.1) is 28.5 Å². The molecule has 0 fully saturated rings. The molecular formula is C23H16ClF4N7O2. The minimum atomic E-state index is -4.67. The van der Waals surface area contributed by atoms with Gasteiger partial charge < -0.3 is 20.8 Å². The van der Waals surface area contributed by atoms with E-state index in [9.17, 15) is 22.4 Å². The van der Waals surface area contributed by atoms with Gasteiger partial charge in [-0.15, -0.1) is 0 Å². The van der Waals surface area contributed by atoms with Crippen molar-refractivity contribution in [2.45, 2.75) is 18.4 Å². The number of nitrogens with two attached hydrogens (primary N) is 1. The number of hydrogen-bond donors (Lipinski definition) is 3. The van der Waals surface area contributed by atoms with Gasteiger partial charge in [0.25, 0.3) is 0 Å². The fourth-order valence-electron chi connectivity index (χ4n) is 3.91. The third kappa shape index (κ3) is 4.72. The Balaban J connectivity index is 1.42. The molecule has 1 aromatic carbocycles. The van der Waals surface area contributed by atoms with Crippen LogP contribution in [0.15, 0.2) is 71.5 Å². The number of oxazole rings is 1. The highest BCUT2D eigenvalue weighted by atomic mass is 35.5. The van der Waals surface area contributed by atoms with Crippen molar-refractivity contribution < 1.29 is 26.8 Å². The SMILES string of the molecule is Nc1ncnn2cc(-c3cnco3)c(-c3ccc(NC(=O)NC4C=C(C(F)(F)F)C=CC4F)c(Cl)c3)c12. The summed E-state index contributed by atoms with van der Waals surface area (Å²) in [6.45, 7) is 0. The van der Waals surface area contributed by atoms with Crippen molar-refractivity contribution in [2.75, 3.05) is 11.1 Å². The number of benzene rings is 1. The average molecular weight is 534 g/mol. The molecule has 37 heavy (non-hydrogen) atoms. The van der Waals surface area contributed by atoms with Gasteiger partial charge in [-0.25, -0.2) is 23.7 Å². The number of nitrogen functional groups attached to an aromatic ring is 1. The number of carbonyl (C=O) groups is 1. The topological polar surface area (TPSA) is 123 Å². The quantitative estimate of drug-likeness (QED) is 0.311. The molecule has 1 aliphatic carbocycles. The highest BCUT2D eigenvalue weighted by Gasteiger charge is 2.36. The molecule has 4 N–H and O–H groups in total. The Morgan fingerprint density at radius 2 is 2.08 bits per heavy atom. The molecule has 0 aliphatic heterocycles. The molecular weight excluding hydrogens is 518 g/mol. The molecule has 1 aliphatic rings. The second-order valence-corrected chi connectivity index (χ2v) is 8.37. The molecule has 9 nitrogen and oxygen atoms in total. The van der Waals surface area contributed by atoms with Crippen LogP contribution in [-0.4, -0.2) is 44.0 Å². The number of nitrogens with zero attached hydrogens (tertiary/aromatic N) is 4. The van der Waals surface area contributed by atoms with Crippen molar-refractivity contribution in [2.24, 2.45) is 0 Å². The van der Waals surface area contributed by atoms with Gasteiger partial charge in [-0.05, 0) is 29.8 Å². The first kappa shape index (κ1) is 24.3. The first-order valence-corrected chi connectivity index (χ1v) is 11.0. The van der Waals surface area contributed by atoms with Gasteiger partial charge in [-0.2, -0.15) is 18.3 Å². The lowest BCUT2D eigenvalue weighted by Gasteiger charge is -2.23. The van der Waals surface area contributed by atoms with Gasteiger partial charge in [0.1, 0.15) is 18.0 Å². The zero-order chi connectivity index (χ0) is 26.3. The summed E-state index contributed by atoms with van der Waals surface area (Å²) in [5.41, 5.74) is 7.43. The lowest BCUT2D eigenvalue weighted by Crippen LogP contribution is -2.43. The van der Waals surface area contributed by atoms with Crippen molar-refractivity contribution in [1.82, 2.24) is 24.9 Å². The number of aromatic nitrogens is 4. The maximum absolute atomic E-state index is 14.1. The lowest BCUT2D eigenvalue weighted by atomic mass is 10.0. The molecule has 4 aromatic rings. The predicted molar refractivity (Wildman–Crippen MR) is 127 cm³/mol. The Morgan fingerprint density at radius 3 is 2.78 bits per heavy atom. The fraction of sp³-hybridized carbons (Fsp3) is 0.130. The molecule has 0 saturated heterocycles. The molecule has 3 aromatic heterocycles. The smallest absolute Gasteiger partial charge is 0.416 e. The fourth-order valence-corrected chi connectivity index (χ4v) is 4.14. The predicted octanol–water partition coefficient (Wildman–Crippen LogP) is 5.17. The molecule has 2 atom stereocenters. The number of urea groups is 1. The number of rotatable bonds is 4. The number of alkyl halides is 4. The number of carbonyl (C=O) groups excluding carboxylic acids is 1. The van der Waals surface area contributed by atoms with Crippen LogP contribution in [-0.2, 0) is 0 Å². The number of amides is 2.